The van der Waals surface area contributed by atoms with Crippen LogP contribution in [0, 0.1) is 0 Å². The van der Waals surface area contributed by atoms with E-state index in [0.29, 0.717) is 34.1 Å². The lowest BCUT2D eigenvalue weighted by Crippen LogP contribution is -2.39. The van der Waals surface area contributed by atoms with Gasteiger partial charge in [-0.3, -0.25) is 0 Å². The minimum Gasteiger partial charge on any atom is -0.391 e. The minimum atomic E-state index is -0.361. The van der Waals surface area contributed by atoms with Crippen molar-refractivity contribution in [2.24, 2.45) is 0 Å². The predicted molar refractivity (Wildman–Crippen MR) is 103 cm³/mol. The van der Waals surface area contributed by atoms with Crippen molar-refractivity contribution in [2.45, 2.75) is 18.9 Å². The first kappa shape index (κ1) is 17.3. The molecule has 1 unspecified atom stereocenters. The third-order valence-electron chi connectivity index (χ3n) is 4.39. The second-order valence-electron chi connectivity index (χ2n) is 6.24. The number of H-pyrrole nitrogens is 1. The fourth-order valence-corrected chi connectivity index (χ4v) is 3.63. The Kier molecular flexibility index (Phi) is 4.80. The maximum Gasteiger partial charge on any atom is 0.225 e. The number of rotatable bonds is 3. The molecule has 0 saturated carbocycles. The van der Waals surface area contributed by atoms with E-state index in [4.69, 9.17) is 28.2 Å². The SMILES string of the molecule is OC1CCCN(c2ncc(-c3ncc[nH]3)c(-c3ccc(Cl)cc3Cl)n2)C1. The molecule has 1 aliphatic heterocycles. The molecule has 6 nitrogen and oxygen atoms in total. The number of aromatic nitrogens is 4. The summed E-state index contributed by atoms with van der Waals surface area (Å²) in [4.78, 5) is 18.7. The number of aliphatic hydroxyl groups is 1. The van der Waals surface area contributed by atoms with Gasteiger partial charge in [0.2, 0.25) is 5.95 Å². The number of aliphatic hydroxyl groups excluding tert-OH is 1. The summed E-state index contributed by atoms with van der Waals surface area (Å²) in [5.74, 6) is 1.23. The highest BCUT2D eigenvalue weighted by molar-refractivity contribution is 6.36. The maximum absolute atomic E-state index is 9.96. The number of halogens is 2. The Morgan fingerprint density at radius 2 is 2.08 bits per heavy atom. The summed E-state index contributed by atoms with van der Waals surface area (Å²) < 4.78 is 0. The number of nitrogens with one attached hydrogen (secondary N) is 1. The lowest BCUT2D eigenvalue weighted by molar-refractivity contribution is 0.153. The van der Waals surface area contributed by atoms with Gasteiger partial charge in [-0.2, -0.15) is 0 Å². The second kappa shape index (κ2) is 7.23. The molecule has 0 amide bonds. The number of hydrogen-bond acceptors (Lipinski definition) is 5. The Morgan fingerprint density at radius 1 is 1.19 bits per heavy atom. The molecule has 26 heavy (non-hydrogen) atoms. The fourth-order valence-electron chi connectivity index (χ4n) is 3.13. The van der Waals surface area contributed by atoms with Crippen molar-refractivity contribution in [2.75, 3.05) is 18.0 Å². The van der Waals surface area contributed by atoms with Crippen molar-refractivity contribution in [3.05, 3.63) is 46.8 Å². The van der Waals surface area contributed by atoms with Gasteiger partial charge in [0.1, 0.15) is 5.82 Å². The van der Waals surface area contributed by atoms with E-state index in [1.165, 1.54) is 0 Å². The molecule has 2 N–H and O–H groups in total. The molecule has 1 aromatic carbocycles. The van der Waals surface area contributed by atoms with Crippen molar-refractivity contribution in [3.63, 3.8) is 0 Å². The van der Waals surface area contributed by atoms with Crippen molar-refractivity contribution in [1.82, 2.24) is 19.9 Å². The van der Waals surface area contributed by atoms with Crippen LogP contribution in [0.15, 0.2) is 36.8 Å². The Labute approximate surface area is 160 Å². The van der Waals surface area contributed by atoms with Crippen LogP contribution in [0.4, 0.5) is 5.95 Å². The molecule has 0 spiro atoms. The molecule has 4 rings (SSSR count). The molecule has 0 bridgehead atoms. The van der Waals surface area contributed by atoms with Gasteiger partial charge in [0.05, 0.1) is 22.4 Å². The lowest BCUT2D eigenvalue weighted by Gasteiger charge is -2.30. The zero-order valence-electron chi connectivity index (χ0n) is 13.9. The Hall–Kier alpha value is -2.15. The molecule has 134 valence electrons. The topological polar surface area (TPSA) is 77.9 Å². The van der Waals surface area contributed by atoms with Crippen molar-refractivity contribution >= 4 is 29.2 Å². The average molecular weight is 390 g/mol. The molecule has 8 heteroatoms. The van der Waals surface area contributed by atoms with Gasteiger partial charge in [-0.15, -0.1) is 0 Å². The first-order chi connectivity index (χ1) is 12.6. The van der Waals surface area contributed by atoms with Crippen LogP contribution >= 0.6 is 23.2 Å². The third kappa shape index (κ3) is 3.40. The smallest absolute Gasteiger partial charge is 0.225 e. The number of benzene rings is 1. The van der Waals surface area contributed by atoms with E-state index in [0.717, 1.165) is 30.5 Å². The van der Waals surface area contributed by atoms with E-state index in [1.54, 1.807) is 30.7 Å². The normalized spacial score (nSPS) is 17.5. The number of anilines is 1. The Bertz CT molecular complexity index is 916. The number of imidazole rings is 1. The molecule has 1 fully saturated rings. The highest BCUT2D eigenvalue weighted by Crippen LogP contribution is 2.35. The number of nitrogens with zero attached hydrogens (tertiary/aromatic N) is 4. The standard InChI is InChI=1S/C18H17Cl2N5O/c19-11-3-4-13(15(20)8-11)16-14(17-21-5-6-22-17)9-23-18(24-16)25-7-1-2-12(26)10-25/h3-6,8-9,12,26H,1-2,7,10H2,(H,21,22). The van der Waals surface area contributed by atoms with E-state index < -0.39 is 0 Å². The van der Waals surface area contributed by atoms with Crippen LogP contribution in [0.25, 0.3) is 22.6 Å². The van der Waals surface area contributed by atoms with E-state index >= 15 is 0 Å². The van der Waals surface area contributed by atoms with Crippen LogP contribution in [0.2, 0.25) is 10.0 Å². The number of β-amino-alcohol motifs (C(OH)–C–C–N with tert-alkyl or cyclic N) is 1. The van der Waals surface area contributed by atoms with E-state index in [-0.39, 0.29) is 6.10 Å². The zero-order chi connectivity index (χ0) is 18.1. The first-order valence-electron chi connectivity index (χ1n) is 8.37. The number of piperidine rings is 1. The van der Waals surface area contributed by atoms with Crippen molar-refractivity contribution in [3.8, 4) is 22.6 Å². The Balaban J connectivity index is 1.83. The predicted octanol–water partition coefficient (Wildman–Crippen LogP) is 3.80. The highest BCUT2D eigenvalue weighted by atomic mass is 35.5. The molecule has 1 saturated heterocycles. The van der Waals surface area contributed by atoms with Crippen molar-refractivity contribution < 1.29 is 5.11 Å². The van der Waals surface area contributed by atoms with Gasteiger partial charge in [-0.1, -0.05) is 23.2 Å². The van der Waals surface area contributed by atoms with Gasteiger partial charge in [0, 0.05) is 42.3 Å². The second-order valence-corrected chi connectivity index (χ2v) is 7.08. The molecule has 1 atom stereocenters. The summed E-state index contributed by atoms with van der Waals surface area (Å²) in [6, 6.07) is 5.31. The summed E-state index contributed by atoms with van der Waals surface area (Å²) in [6.45, 7) is 1.33. The van der Waals surface area contributed by atoms with E-state index in [2.05, 4.69) is 15.0 Å². The lowest BCUT2D eigenvalue weighted by atomic mass is 10.1. The quantitative estimate of drug-likeness (QED) is 0.711. The molecular weight excluding hydrogens is 373 g/mol. The van der Waals surface area contributed by atoms with Gasteiger partial charge in [-0.25, -0.2) is 15.0 Å². The van der Waals surface area contributed by atoms with Crippen molar-refractivity contribution in [1.29, 1.82) is 0 Å². The largest absolute Gasteiger partial charge is 0.391 e. The number of hydrogen-bond donors (Lipinski definition) is 2. The molecule has 3 aromatic rings. The number of aromatic amines is 1. The van der Waals surface area contributed by atoms with Crippen LogP contribution in [-0.2, 0) is 0 Å². The Morgan fingerprint density at radius 3 is 2.81 bits per heavy atom. The maximum atomic E-state index is 9.96. The molecule has 1 aliphatic rings. The van der Waals surface area contributed by atoms with E-state index in [9.17, 15) is 5.11 Å². The van der Waals surface area contributed by atoms with E-state index in [1.807, 2.05) is 11.0 Å². The molecular formula is C18H17Cl2N5O. The summed E-state index contributed by atoms with van der Waals surface area (Å²) in [7, 11) is 0. The van der Waals surface area contributed by atoms with Crippen LogP contribution in [-0.4, -0.2) is 44.2 Å². The van der Waals surface area contributed by atoms with Crippen LogP contribution in [0.1, 0.15) is 12.8 Å². The fraction of sp³-hybridized carbons (Fsp3) is 0.278. The van der Waals surface area contributed by atoms with Gasteiger partial charge in [0.25, 0.3) is 0 Å². The van der Waals surface area contributed by atoms with Gasteiger partial charge in [-0.05, 0) is 31.0 Å². The summed E-state index contributed by atoms with van der Waals surface area (Å²) in [6.07, 6.45) is 6.51. The van der Waals surface area contributed by atoms with Crippen LogP contribution in [0.3, 0.4) is 0 Å². The van der Waals surface area contributed by atoms with Gasteiger partial charge >= 0.3 is 0 Å². The third-order valence-corrected chi connectivity index (χ3v) is 4.94. The van der Waals surface area contributed by atoms with Crippen LogP contribution in [0.5, 0.6) is 0 Å². The molecule has 0 aliphatic carbocycles. The first-order valence-corrected chi connectivity index (χ1v) is 9.12. The molecule has 2 aromatic heterocycles. The summed E-state index contributed by atoms with van der Waals surface area (Å²) in [5, 5.41) is 11.0. The monoisotopic (exact) mass is 389 g/mol. The summed E-state index contributed by atoms with van der Waals surface area (Å²) >= 11 is 12.5. The van der Waals surface area contributed by atoms with Crippen LogP contribution < -0.4 is 4.90 Å². The summed E-state index contributed by atoms with van der Waals surface area (Å²) in [5.41, 5.74) is 2.18. The minimum absolute atomic E-state index is 0.361. The van der Waals surface area contributed by atoms with Gasteiger partial charge in [0.15, 0.2) is 0 Å². The molecule has 3 heterocycles. The zero-order valence-corrected chi connectivity index (χ0v) is 15.4. The highest BCUT2D eigenvalue weighted by Gasteiger charge is 2.22. The molecule has 0 radical (unpaired) electrons. The van der Waals surface area contributed by atoms with Gasteiger partial charge < -0.3 is 15.0 Å². The average Bonchev–Trinajstić information content (AvgIpc) is 3.16.